The first-order valence-corrected chi connectivity index (χ1v) is 19.1. The molecule has 1 amide bonds. The predicted molar refractivity (Wildman–Crippen MR) is 193 cm³/mol. The van der Waals surface area contributed by atoms with Crippen molar-refractivity contribution in [1.29, 1.82) is 0 Å². The van der Waals surface area contributed by atoms with Gasteiger partial charge in [-0.2, -0.15) is 13.2 Å². The van der Waals surface area contributed by atoms with Gasteiger partial charge in [0.15, 0.2) is 5.96 Å². The largest absolute Gasteiger partial charge is 0.490 e. The Balaban J connectivity index is 0.00000112. The van der Waals surface area contributed by atoms with E-state index in [1.54, 1.807) is 7.11 Å². The molecule has 3 aromatic carbocycles. The van der Waals surface area contributed by atoms with Gasteiger partial charge in [-0.15, -0.1) is 0 Å². The van der Waals surface area contributed by atoms with Gasteiger partial charge in [-0.25, -0.2) is 4.79 Å². The molecule has 9 nitrogen and oxygen atoms in total. The summed E-state index contributed by atoms with van der Waals surface area (Å²) in [5.74, 6) is -1.88. The smallest absolute Gasteiger partial charge is 0.475 e. The summed E-state index contributed by atoms with van der Waals surface area (Å²) in [5, 5.41) is 12.1. The number of hydrogen-bond donors (Lipinski definition) is 3. The molecule has 273 valence electrons. The van der Waals surface area contributed by atoms with E-state index in [-0.39, 0.29) is 27.6 Å². The number of nitrogens with one attached hydrogen (secondary N) is 1. The van der Waals surface area contributed by atoms with Gasteiger partial charge in [-0.3, -0.25) is 15.1 Å². The quantitative estimate of drug-likeness (QED) is 0.0586. The summed E-state index contributed by atoms with van der Waals surface area (Å²) >= 11 is 0.175. The number of guanidine groups is 1. The van der Waals surface area contributed by atoms with E-state index in [0.717, 1.165) is 46.9 Å². The molecule has 0 heterocycles. The zero-order valence-electron chi connectivity index (χ0n) is 29.2. The Morgan fingerprint density at radius 3 is 2.26 bits per heavy atom. The van der Waals surface area contributed by atoms with E-state index in [9.17, 15) is 18.0 Å². The summed E-state index contributed by atoms with van der Waals surface area (Å²) < 4.78 is 43.2. The topological polar surface area (TPSA) is 126 Å². The average molecular weight is 762 g/mol. The Morgan fingerprint density at radius 1 is 1.00 bits per heavy atom. The summed E-state index contributed by atoms with van der Waals surface area (Å²) in [6.45, 7) is 3.93. The van der Waals surface area contributed by atoms with Crippen molar-refractivity contribution in [2.75, 3.05) is 41.0 Å². The van der Waals surface area contributed by atoms with E-state index in [1.165, 1.54) is 16.3 Å². The van der Waals surface area contributed by atoms with Crippen LogP contribution in [0.2, 0.25) is 5.21 Å². The Hall–Kier alpha value is -3.86. The van der Waals surface area contributed by atoms with Crippen molar-refractivity contribution in [3.8, 4) is 16.9 Å². The number of carbonyl (C=O) groups is 2. The SMILES string of the molecule is CCCCN=C(N)NC(=O)CCc1ccc(-c2ccc(C[As]CC(c3ccccc3)N(C)C)cc2)c(OCCCOC)c1.O=C(O)C(F)(F)F. The number of amides is 1. The van der Waals surface area contributed by atoms with Crippen LogP contribution in [0.15, 0.2) is 77.8 Å². The number of hydrogen-bond acceptors (Lipinski definition) is 6. The van der Waals surface area contributed by atoms with Crippen molar-refractivity contribution in [3.63, 3.8) is 0 Å². The summed E-state index contributed by atoms with van der Waals surface area (Å²) in [5.41, 5.74) is 11.8. The van der Waals surface area contributed by atoms with Crippen LogP contribution in [0.3, 0.4) is 0 Å². The number of nitrogens with zero attached hydrogens (tertiary/aromatic N) is 2. The number of ether oxygens (including phenoxy) is 2. The molecule has 50 heavy (non-hydrogen) atoms. The molecule has 1 atom stereocenters. The van der Waals surface area contributed by atoms with Crippen LogP contribution in [-0.4, -0.2) is 90.7 Å². The molecule has 1 radical (unpaired) electrons. The van der Waals surface area contributed by atoms with Crippen molar-refractivity contribution in [2.24, 2.45) is 10.7 Å². The molecule has 0 saturated carbocycles. The van der Waals surface area contributed by atoms with Gasteiger partial charge >= 0.3 is 218 Å². The maximum atomic E-state index is 12.4. The average Bonchev–Trinajstić information content (AvgIpc) is 3.08. The zero-order valence-corrected chi connectivity index (χ0v) is 31.1. The number of carboxylic acid groups (broad SMARTS) is 1. The van der Waals surface area contributed by atoms with Crippen molar-refractivity contribution in [3.05, 3.63) is 89.5 Å². The monoisotopic (exact) mass is 761 g/mol. The Morgan fingerprint density at radius 2 is 1.66 bits per heavy atom. The molecule has 3 aromatic rings. The van der Waals surface area contributed by atoms with Crippen molar-refractivity contribution >= 4 is 33.6 Å². The first-order valence-electron chi connectivity index (χ1n) is 16.4. The second-order valence-electron chi connectivity index (χ2n) is 11.6. The standard InChI is InChI=1S/C35H48AsN4O3.C2HF3O2/c1-5-6-21-38-35(37)39-34(41)20-16-27-15-19-31(33(24-27)43-23-10-22-42-4)29-17-13-28(14-18-29)25-36-26-32(40(2)3)30-11-8-7-9-12-30;3-2(4,5)1(6)7/h7-9,11-15,17-19,24,32H,5-6,10,16,20-23,25-26H2,1-4H3,(H3,37,38,39,41);(H,6,7). The number of aryl methyl sites for hydroxylation is 1. The second-order valence-corrected chi connectivity index (χ2v) is 14.0. The fraction of sp³-hybridized carbons (Fsp3) is 0.432. The first kappa shape index (κ1) is 42.3. The van der Waals surface area contributed by atoms with Crippen LogP contribution in [-0.2, 0) is 26.0 Å². The molecule has 0 aromatic heterocycles. The van der Waals surface area contributed by atoms with E-state index in [4.69, 9.17) is 25.1 Å². The van der Waals surface area contributed by atoms with Crippen molar-refractivity contribution < 1.29 is 37.3 Å². The molecule has 0 fully saturated rings. The molecule has 0 aliphatic heterocycles. The van der Waals surface area contributed by atoms with Gasteiger partial charge in [0.05, 0.1) is 0 Å². The van der Waals surface area contributed by atoms with Gasteiger partial charge in [0.25, 0.3) is 0 Å². The van der Waals surface area contributed by atoms with Crippen LogP contribution in [0, 0.1) is 0 Å². The summed E-state index contributed by atoms with van der Waals surface area (Å²) in [7, 11) is 6.04. The molecular weight excluding hydrogens is 712 g/mol. The van der Waals surface area contributed by atoms with Crippen LogP contribution in [0.4, 0.5) is 13.2 Å². The first-order chi connectivity index (χ1) is 23.8. The Labute approximate surface area is 300 Å². The van der Waals surface area contributed by atoms with Crippen LogP contribution < -0.4 is 15.8 Å². The molecule has 0 saturated heterocycles. The number of nitrogens with two attached hydrogens (primary N) is 1. The number of benzene rings is 3. The molecule has 0 aliphatic rings. The van der Waals surface area contributed by atoms with Crippen molar-refractivity contribution in [1.82, 2.24) is 10.2 Å². The molecule has 1 unspecified atom stereocenters. The number of carboxylic acids is 1. The Bertz CT molecular complexity index is 1470. The molecule has 0 aliphatic carbocycles. The normalized spacial score (nSPS) is 12.4. The Kier molecular flexibility index (Phi) is 19.3. The third kappa shape index (κ3) is 16.2. The minimum atomic E-state index is -5.08. The summed E-state index contributed by atoms with van der Waals surface area (Å²) in [6.07, 6.45) is -1.39. The number of rotatable bonds is 18. The molecule has 4 N–H and O–H groups in total. The zero-order chi connectivity index (χ0) is 36.9. The van der Waals surface area contributed by atoms with Gasteiger partial charge in [-0.05, 0) is 6.42 Å². The third-order valence-corrected chi connectivity index (χ3v) is 9.91. The molecule has 0 spiro atoms. The maximum Gasteiger partial charge on any atom is 0.490 e. The molecule has 3 rings (SSSR count). The van der Waals surface area contributed by atoms with E-state index >= 15 is 0 Å². The molecule has 13 heteroatoms. The minimum Gasteiger partial charge on any atom is -0.475 e. The van der Waals surface area contributed by atoms with E-state index in [0.29, 0.717) is 38.6 Å². The number of unbranched alkanes of at least 4 members (excludes halogenated alkanes) is 1. The second kappa shape index (κ2) is 22.8. The summed E-state index contributed by atoms with van der Waals surface area (Å²) in [4.78, 5) is 27.8. The number of methoxy groups -OCH3 is 1. The van der Waals surface area contributed by atoms with Gasteiger partial charge in [0.2, 0.25) is 0 Å². The predicted octanol–water partition coefficient (Wildman–Crippen LogP) is 6.49. The number of aliphatic imine (C=N–C) groups is 1. The molecule has 0 bridgehead atoms. The van der Waals surface area contributed by atoms with Crippen LogP contribution in [0.1, 0.15) is 55.3 Å². The fourth-order valence-electron chi connectivity index (χ4n) is 4.67. The van der Waals surface area contributed by atoms with Gasteiger partial charge in [-0.1, -0.05) is 13.3 Å². The third-order valence-electron chi connectivity index (χ3n) is 7.41. The summed E-state index contributed by atoms with van der Waals surface area (Å²) in [6, 6.07) is 26.4. The maximum absolute atomic E-state index is 12.4. The molecular formula is C37H49AsF3N4O5. The number of halogens is 3. The van der Waals surface area contributed by atoms with Crippen LogP contribution >= 0.6 is 0 Å². The van der Waals surface area contributed by atoms with Gasteiger partial charge in [0, 0.05) is 13.7 Å². The van der Waals surface area contributed by atoms with Gasteiger partial charge in [0.1, 0.15) is 0 Å². The van der Waals surface area contributed by atoms with Crippen molar-refractivity contribution in [2.45, 2.75) is 61.7 Å². The van der Waals surface area contributed by atoms with E-state index in [2.05, 4.69) is 109 Å². The number of carbonyl (C=O) groups excluding carboxylic acids is 1. The number of alkyl halides is 3. The minimum absolute atomic E-state index is 0.136. The van der Waals surface area contributed by atoms with E-state index in [1.807, 2.05) is 0 Å². The van der Waals surface area contributed by atoms with E-state index < -0.39 is 12.1 Å². The fourth-order valence-corrected chi connectivity index (χ4v) is 7.57. The van der Waals surface area contributed by atoms with Gasteiger partial charge < -0.3 is 10.8 Å². The van der Waals surface area contributed by atoms with Crippen LogP contribution in [0.25, 0.3) is 11.1 Å². The number of aliphatic carboxylic acids is 1. The van der Waals surface area contributed by atoms with Crippen LogP contribution in [0.5, 0.6) is 5.75 Å².